The van der Waals surface area contributed by atoms with Gasteiger partial charge in [0, 0.05) is 37.0 Å². The summed E-state index contributed by atoms with van der Waals surface area (Å²) in [5.41, 5.74) is 2.01. The van der Waals surface area contributed by atoms with E-state index in [1.54, 1.807) is 6.20 Å². The molecule has 3 heterocycles. The number of amides is 1. The fourth-order valence-corrected chi connectivity index (χ4v) is 3.41. The number of carbonyl (C=O) groups excluding carboxylic acids is 1. The van der Waals surface area contributed by atoms with Crippen molar-refractivity contribution in [2.75, 3.05) is 6.54 Å². The number of nitrogens with zero attached hydrogens (tertiary/aromatic N) is 4. The van der Waals surface area contributed by atoms with Crippen molar-refractivity contribution < 1.29 is 4.79 Å². The standard InChI is InChI=1S/C20H21N5O/c26-20(22-13-11-16-9-4-5-12-21-16)17-10-6-14-25-18(23-24-19(17)25)15-7-2-1-3-8-15/h1-5,7-9,12,17H,6,10-11,13-14H2,(H,22,26). The summed E-state index contributed by atoms with van der Waals surface area (Å²) < 4.78 is 2.09. The first kappa shape index (κ1) is 16.4. The van der Waals surface area contributed by atoms with E-state index in [4.69, 9.17) is 0 Å². The highest BCUT2D eigenvalue weighted by molar-refractivity contribution is 5.83. The number of benzene rings is 1. The molecule has 0 bridgehead atoms. The zero-order valence-electron chi connectivity index (χ0n) is 14.5. The van der Waals surface area contributed by atoms with E-state index in [1.165, 1.54) is 0 Å². The monoisotopic (exact) mass is 347 g/mol. The number of nitrogens with one attached hydrogen (secondary N) is 1. The number of carbonyl (C=O) groups is 1. The lowest BCUT2D eigenvalue weighted by atomic mass is 9.97. The Hall–Kier alpha value is -3.02. The van der Waals surface area contributed by atoms with Crippen LogP contribution in [0.1, 0.15) is 30.3 Å². The van der Waals surface area contributed by atoms with Gasteiger partial charge < -0.3 is 9.88 Å². The van der Waals surface area contributed by atoms with Gasteiger partial charge in [-0.2, -0.15) is 0 Å². The van der Waals surface area contributed by atoms with Crippen LogP contribution in [0, 0.1) is 0 Å². The Morgan fingerprint density at radius 2 is 1.96 bits per heavy atom. The lowest BCUT2D eigenvalue weighted by Crippen LogP contribution is -2.34. The van der Waals surface area contributed by atoms with Crippen LogP contribution in [0.15, 0.2) is 54.7 Å². The number of hydrogen-bond acceptors (Lipinski definition) is 4. The van der Waals surface area contributed by atoms with Gasteiger partial charge in [-0.15, -0.1) is 10.2 Å². The minimum Gasteiger partial charge on any atom is -0.355 e. The van der Waals surface area contributed by atoms with Crippen LogP contribution < -0.4 is 5.32 Å². The van der Waals surface area contributed by atoms with Gasteiger partial charge in [0.25, 0.3) is 0 Å². The Kier molecular flexibility index (Phi) is 4.73. The van der Waals surface area contributed by atoms with Gasteiger partial charge in [-0.05, 0) is 25.0 Å². The Bertz CT molecular complexity index is 876. The molecule has 1 aliphatic rings. The minimum absolute atomic E-state index is 0.0221. The molecule has 3 aromatic rings. The molecule has 0 saturated carbocycles. The van der Waals surface area contributed by atoms with Crippen molar-refractivity contribution >= 4 is 5.91 Å². The van der Waals surface area contributed by atoms with Crippen molar-refractivity contribution in [3.8, 4) is 11.4 Å². The topological polar surface area (TPSA) is 72.7 Å². The predicted octanol–water partition coefficient (Wildman–Crippen LogP) is 2.58. The molecule has 1 N–H and O–H groups in total. The molecule has 1 atom stereocenters. The third-order valence-corrected chi connectivity index (χ3v) is 4.72. The van der Waals surface area contributed by atoms with Crippen LogP contribution in [0.5, 0.6) is 0 Å². The van der Waals surface area contributed by atoms with E-state index in [2.05, 4.69) is 25.1 Å². The number of aromatic nitrogens is 4. The molecular weight excluding hydrogens is 326 g/mol. The van der Waals surface area contributed by atoms with Gasteiger partial charge in [-0.25, -0.2) is 0 Å². The molecule has 0 radical (unpaired) electrons. The molecular formula is C20H21N5O. The molecule has 0 saturated heterocycles. The summed E-state index contributed by atoms with van der Waals surface area (Å²) in [6, 6.07) is 15.8. The van der Waals surface area contributed by atoms with Gasteiger partial charge >= 0.3 is 0 Å². The van der Waals surface area contributed by atoms with E-state index in [0.29, 0.717) is 6.54 Å². The lowest BCUT2D eigenvalue weighted by molar-refractivity contribution is -0.123. The van der Waals surface area contributed by atoms with Crippen molar-refractivity contribution in [3.05, 3.63) is 66.2 Å². The summed E-state index contributed by atoms with van der Waals surface area (Å²) in [4.78, 5) is 17.0. The lowest BCUT2D eigenvalue weighted by Gasteiger charge is -2.23. The second-order valence-electron chi connectivity index (χ2n) is 6.46. The first-order valence-corrected chi connectivity index (χ1v) is 8.99. The molecule has 132 valence electrons. The normalized spacial score (nSPS) is 16.1. The van der Waals surface area contributed by atoms with Crippen LogP contribution >= 0.6 is 0 Å². The molecule has 6 nitrogen and oxygen atoms in total. The first-order valence-electron chi connectivity index (χ1n) is 8.99. The number of rotatable bonds is 5. The van der Waals surface area contributed by atoms with Crippen molar-refractivity contribution in [3.63, 3.8) is 0 Å². The molecule has 0 spiro atoms. The zero-order chi connectivity index (χ0) is 17.8. The number of pyridine rings is 1. The highest BCUT2D eigenvalue weighted by Gasteiger charge is 2.30. The summed E-state index contributed by atoms with van der Waals surface area (Å²) >= 11 is 0. The Balaban J connectivity index is 1.46. The van der Waals surface area contributed by atoms with Crippen molar-refractivity contribution in [2.24, 2.45) is 0 Å². The SMILES string of the molecule is O=C(NCCc1ccccn1)C1CCCn2c(-c3ccccc3)nnc21. The fraction of sp³-hybridized carbons (Fsp3) is 0.300. The number of hydrogen-bond donors (Lipinski definition) is 1. The predicted molar refractivity (Wildman–Crippen MR) is 98.4 cm³/mol. The average Bonchev–Trinajstić information content (AvgIpc) is 3.13. The molecule has 1 aliphatic heterocycles. The molecule has 0 aliphatic carbocycles. The van der Waals surface area contributed by atoms with Crippen LogP contribution in [-0.2, 0) is 17.8 Å². The second-order valence-corrected chi connectivity index (χ2v) is 6.46. The van der Waals surface area contributed by atoms with E-state index in [-0.39, 0.29) is 11.8 Å². The number of fused-ring (bicyclic) bond motifs is 1. The maximum Gasteiger partial charge on any atom is 0.230 e. The third-order valence-electron chi connectivity index (χ3n) is 4.72. The van der Waals surface area contributed by atoms with E-state index in [9.17, 15) is 4.79 Å². The van der Waals surface area contributed by atoms with Gasteiger partial charge in [0.05, 0.1) is 5.92 Å². The van der Waals surface area contributed by atoms with Crippen LogP contribution in [0.2, 0.25) is 0 Å². The largest absolute Gasteiger partial charge is 0.355 e. The van der Waals surface area contributed by atoms with Crippen LogP contribution in [-0.4, -0.2) is 32.2 Å². The average molecular weight is 347 g/mol. The van der Waals surface area contributed by atoms with Gasteiger partial charge in [0.2, 0.25) is 5.91 Å². The van der Waals surface area contributed by atoms with Crippen molar-refractivity contribution in [1.82, 2.24) is 25.1 Å². The molecule has 0 fully saturated rings. The van der Waals surface area contributed by atoms with Crippen LogP contribution in [0.25, 0.3) is 11.4 Å². The summed E-state index contributed by atoms with van der Waals surface area (Å²) in [6.07, 6.45) is 4.25. The summed E-state index contributed by atoms with van der Waals surface area (Å²) in [6.45, 7) is 1.43. The highest BCUT2D eigenvalue weighted by atomic mass is 16.1. The van der Waals surface area contributed by atoms with E-state index in [1.807, 2.05) is 48.5 Å². The molecule has 6 heteroatoms. The molecule has 1 aromatic carbocycles. The van der Waals surface area contributed by atoms with Gasteiger partial charge in [0.15, 0.2) is 5.82 Å². The molecule has 4 rings (SSSR count). The van der Waals surface area contributed by atoms with E-state index < -0.39 is 0 Å². The molecule has 2 aromatic heterocycles. The summed E-state index contributed by atoms with van der Waals surface area (Å²) in [5, 5.41) is 11.7. The quantitative estimate of drug-likeness (QED) is 0.770. The Morgan fingerprint density at radius 1 is 1.12 bits per heavy atom. The molecule has 1 unspecified atom stereocenters. The second kappa shape index (κ2) is 7.47. The maximum absolute atomic E-state index is 12.7. The van der Waals surface area contributed by atoms with E-state index >= 15 is 0 Å². The van der Waals surface area contributed by atoms with Gasteiger partial charge in [-0.3, -0.25) is 9.78 Å². The smallest absolute Gasteiger partial charge is 0.230 e. The molecule has 1 amide bonds. The Morgan fingerprint density at radius 3 is 2.77 bits per heavy atom. The third kappa shape index (κ3) is 3.35. The highest BCUT2D eigenvalue weighted by Crippen LogP contribution is 2.30. The summed E-state index contributed by atoms with van der Waals surface area (Å²) in [7, 11) is 0. The fourth-order valence-electron chi connectivity index (χ4n) is 3.41. The molecule has 26 heavy (non-hydrogen) atoms. The first-order chi connectivity index (χ1) is 12.8. The Labute approximate surface area is 152 Å². The minimum atomic E-state index is -0.238. The van der Waals surface area contributed by atoms with Crippen LogP contribution in [0.4, 0.5) is 0 Å². The van der Waals surface area contributed by atoms with Gasteiger partial charge in [0.1, 0.15) is 5.82 Å². The van der Waals surface area contributed by atoms with Crippen molar-refractivity contribution in [2.45, 2.75) is 31.7 Å². The zero-order valence-corrected chi connectivity index (χ0v) is 14.5. The van der Waals surface area contributed by atoms with E-state index in [0.717, 1.165) is 48.7 Å². The van der Waals surface area contributed by atoms with Crippen LogP contribution in [0.3, 0.4) is 0 Å². The maximum atomic E-state index is 12.7. The summed E-state index contributed by atoms with van der Waals surface area (Å²) in [5.74, 6) is 1.39. The van der Waals surface area contributed by atoms with Gasteiger partial charge in [-0.1, -0.05) is 36.4 Å². The van der Waals surface area contributed by atoms with Crippen molar-refractivity contribution in [1.29, 1.82) is 0 Å².